The van der Waals surface area contributed by atoms with Crippen molar-refractivity contribution in [2.24, 2.45) is 0 Å². The van der Waals surface area contributed by atoms with Crippen molar-refractivity contribution in [1.82, 2.24) is 0 Å². The molecule has 4 aromatic rings. The first-order chi connectivity index (χ1) is 16.3. The minimum absolute atomic E-state index is 0.0605. The Hall–Kier alpha value is -4.45. The van der Waals surface area contributed by atoms with Crippen LogP contribution >= 0.6 is 0 Å². The highest BCUT2D eigenvalue weighted by Gasteiger charge is 2.22. The second-order valence-corrected chi connectivity index (χ2v) is 8.40. The quantitative estimate of drug-likeness (QED) is 0.243. The summed E-state index contributed by atoms with van der Waals surface area (Å²) >= 11 is 0. The molecule has 0 radical (unpaired) electrons. The number of nitro benzene ring substituents is 1. The van der Waals surface area contributed by atoms with E-state index in [9.17, 15) is 14.9 Å². The van der Waals surface area contributed by atoms with E-state index in [0.29, 0.717) is 17.0 Å². The van der Waals surface area contributed by atoms with Gasteiger partial charge in [0, 0.05) is 28.8 Å². The maximum atomic E-state index is 12.4. The number of rotatable bonds is 7. The van der Waals surface area contributed by atoms with E-state index in [0.717, 1.165) is 5.75 Å². The molecule has 1 amide bonds. The van der Waals surface area contributed by atoms with Crippen molar-refractivity contribution in [3.63, 3.8) is 0 Å². The molecule has 0 atom stereocenters. The molecule has 0 aliphatic heterocycles. The SMILES string of the molecule is CC(C)(c1ccccc1)c1ccc(Oc2ccc(NC(=O)c3ccc([N+](=O)[O-])cc3)cc2)cc1. The van der Waals surface area contributed by atoms with E-state index < -0.39 is 4.92 Å². The third kappa shape index (κ3) is 5.13. The largest absolute Gasteiger partial charge is 0.457 e. The fourth-order valence-corrected chi connectivity index (χ4v) is 3.64. The van der Waals surface area contributed by atoms with Crippen molar-refractivity contribution in [2.75, 3.05) is 5.32 Å². The fourth-order valence-electron chi connectivity index (χ4n) is 3.64. The van der Waals surface area contributed by atoms with Crippen LogP contribution in [-0.2, 0) is 5.41 Å². The number of amides is 1. The monoisotopic (exact) mass is 452 g/mol. The summed E-state index contributed by atoms with van der Waals surface area (Å²) in [4.78, 5) is 22.6. The Morgan fingerprint density at radius 1 is 0.765 bits per heavy atom. The standard InChI is InChI=1S/C28H24N2O4/c1-28(2,21-6-4-3-5-7-21)22-10-16-25(17-11-22)34-26-18-12-23(13-19-26)29-27(31)20-8-14-24(15-9-20)30(32)33/h3-19H,1-2H3,(H,29,31). The van der Waals surface area contributed by atoms with Crippen molar-refractivity contribution in [3.05, 3.63) is 130 Å². The maximum absolute atomic E-state index is 12.4. The van der Waals surface area contributed by atoms with Crippen LogP contribution in [-0.4, -0.2) is 10.8 Å². The van der Waals surface area contributed by atoms with Gasteiger partial charge in [0.15, 0.2) is 0 Å². The molecule has 1 N–H and O–H groups in total. The molecule has 6 nitrogen and oxygen atoms in total. The molecule has 4 rings (SSSR count). The molecule has 0 saturated carbocycles. The summed E-state index contributed by atoms with van der Waals surface area (Å²) in [5.74, 6) is 1.01. The lowest BCUT2D eigenvalue weighted by Crippen LogP contribution is -2.18. The molecule has 170 valence electrons. The van der Waals surface area contributed by atoms with Gasteiger partial charge in [0.05, 0.1) is 4.92 Å². The van der Waals surface area contributed by atoms with Gasteiger partial charge in [-0.2, -0.15) is 0 Å². The molecule has 6 heteroatoms. The molecule has 0 fully saturated rings. The van der Waals surface area contributed by atoms with Crippen molar-refractivity contribution >= 4 is 17.3 Å². The molecule has 0 spiro atoms. The number of anilines is 1. The number of hydrogen-bond donors (Lipinski definition) is 1. The van der Waals surface area contributed by atoms with Gasteiger partial charge in [0.1, 0.15) is 11.5 Å². The van der Waals surface area contributed by atoms with Crippen LogP contribution in [0.1, 0.15) is 35.3 Å². The van der Waals surface area contributed by atoms with Gasteiger partial charge < -0.3 is 10.1 Å². The minimum atomic E-state index is -0.502. The summed E-state index contributed by atoms with van der Waals surface area (Å²) in [7, 11) is 0. The molecule has 4 aromatic carbocycles. The first-order valence-electron chi connectivity index (χ1n) is 10.8. The lowest BCUT2D eigenvalue weighted by molar-refractivity contribution is -0.384. The zero-order valence-electron chi connectivity index (χ0n) is 18.9. The lowest BCUT2D eigenvalue weighted by atomic mass is 9.78. The summed E-state index contributed by atoms with van der Waals surface area (Å²) in [5, 5.41) is 13.5. The Morgan fingerprint density at radius 2 is 1.29 bits per heavy atom. The van der Waals surface area contributed by atoms with E-state index in [1.54, 1.807) is 24.3 Å². The Kier molecular flexibility index (Phi) is 6.41. The average Bonchev–Trinajstić information content (AvgIpc) is 2.86. The molecule has 0 bridgehead atoms. The number of ether oxygens (including phenoxy) is 1. The normalized spacial score (nSPS) is 11.0. The Bertz CT molecular complexity index is 1280. The summed E-state index contributed by atoms with van der Waals surface area (Å²) < 4.78 is 5.96. The van der Waals surface area contributed by atoms with Gasteiger partial charge in [0.2, 0.25) is 0 Å². The van der Waals surface area contributed by atoms with Crippen molar-refractivity contribution < 1.29 is 14.5 Å². The van der Waals surface area contributed by atoms with E-state index in [1.807, 2.05) is 30.3 Å². The predicted octanol–water partition coefficient (Wildman–Crippen LogP) is 6.97. The van der Waals surface area contributed by atoms with Gasteiger partial charge in [-0.15, -0.1) is 0 Å². The molecule has 34 heavy (non-hydrogen) atoms. The fraction of sp³-hybridized carbons (Fsp3) is 0.107. The highest BCUT2D eigenvalue weighted by atomic mass is 16.6. The van der Waals surface area contributed by atoms with Gasteiger partial charge in [-0.05, 0) is 59.7 Å². The second kappa shape index (κ2) is 9.58. The first-order valence-corrected chi connectivity index (χ1v) is 10.8. The Labute approximate surface area is 198 Å². The van der Waals surface area contributed by atoms with E-state index in [4.69, 9.17) is 4.74 Å². The van der Waals surface area contributed by atoms with Gasteiger partial charge in [-0.1, -0.05) is 56.3 Å². The van der Waals surface area contributed by atoms with Gasteiger partial charge in [0.25, 0.3) is 11.6 Å². The number of carbonyl (C=O) groups excluding carboxylic acids is 1. The zero-order valence-corrected chi connectivity index (χ0v) is 18.9. The minimum Gasteiger partial charge on any atom is -0.457 e. The van der Waals surface area contributed by atoms with Crippen LogP contribution in [0.2, 0.25) is 0 Å². The number of benzene rings is 4. The second-order valence-electron chi connectivity index (χ2n) is 8.40. The van der Waals surface area contributed by atoms with Crippen LogP contribution in [0.4, 0.5) is 11.4 Å². The molecular formula is C28H24N2O4. The molecule has 0 heterocycles. The van der Waals surface area contributed by atoms with Crippen LogP contribution in [0.5, 0.6) is 11.5 Å². The van der Waals surface area contributed by atoms with Crippen LogP contribution in [0.3, 0.4) is 0 Å². The molecular weight excluding hydrogens is 428 g/mol. The van der Waals surface area contributed by atoms with Crippen molar-refractivity contribution in [2.45, 2.75) is 19.3 Å². The van der Waals surface area contributed by atoms with E-state index >= 15 is 0 Å². The number of carbonyl (C=O) groups is 1. The number of hydrogen-bond acceptors (Lipinski definition) is 4. The van der Waals surface area contributed by atoms with E-state index in [2.05, 4.69) is 43.4 Å². The van der Waals surface area contributed by atoms with Crippen LogP contribution < -0.4 is 10.1 Å². The van der Waals surface area contributed by atoms with Crippen LogP contribution in [0, 0.1) is 10.1 Å². The maximum Gasteiger partial charge on any atom is 0.269 e. The van der Waals surface area contributed by atoms with Gasteiger partial charge in [-0.25, -0.2) is 0 Å². The first kappa shape index (κ1) is 22.7. The average molecular weight is 453 g/mol. The highest BCUT2D eigenvalue weighted by Crippen LogP contribution is 2.33. The molecule has 0 unspecified atom stereocenters. The van der Waals surface area contributed by atoms with E-state index in [-0.39, 0.29) is 17.0 Å². The van der Waals surface area contributed by atoms with Crippen LogP contribution in [0.15, 0.2) is 103 Å². The van der Waals surface area contributed by atoms with Gasteiger partial charge in [-0.3, -0.25) is 14.9 Å². The van der Waals surface area contributed by atoms with Crippen molar-refractivity contribution in [1.29, 1.82) is 0 Å². The number of nitrogens with one attached hydrogen (secondary N) is 1. The molecule has 0 aliphatic rings. The number of nitrogens with zero attached hydrogens (tertiary/aromatic N) is 1. The predicted molar refractivity (Wildman–Crippen MR) is 133 cm³/mol. The molecule has 0 aromatic heterocycles. The number of nitro groups is 1. The molecule has 0 saturated heterocycles. The topological polar surface area (TPSA) is 81.5 Å². The third-order valence-corrected chi connectivity index (χ3v) is 5.76. The smallest absolute Gasteiger partial charge is 0.269 e. The lowest BCUT2D eigenvalue weighted by Gasteiger charge is -2.26. The third-order valence-electron chi connectivity index (χ3n) is 5.76. The summed E-state index contributed by atoms with van der Waals surface area (Å²) in [6.07, 6.45) is 0. The van der Waals surface area contributed by atoms with Crippen molar-refractivity contribution in [3.8, 4) is 11.5 Å². The van der Waals surface area contributed by atoms with Gasteiger partial charge >= 0.3 is 0 Å². The summed E-state index contributed by atoms with van der Waals surface area (Å²) in [6.45, 7) is 4.39. The zero-order chi connectivity index (χ0) is 24.1. The van der Waals surface area contributed by atoms with Crippen LogP contribution in [0.25, 0.3) is 0 Å². The number of non-ortho nitro benzene ring substituents is 1. The molecule has 0 aliphatic carbocycles. The van der Waals surface area contributed by atoms with E-state index in [1.165, 1.54) is 35.4 Å². The Balaban J connectivity index is 1.39. The summed E-state index contributed by atoms with van der Waals surface area (Å²) in [5.41, 5.74) is 3.18. The summed E-state index contributed by atoms with van der Waals surface area (Å²) in [6, 6.07) is 30.9. The Morgan fingerprint density at radius 3 is 1.85 bits per heavy atom. The highest BCUT2D eigenvalue weighted by molar-refractivity contribution is 6.04.